The van der Waals surface area contributed by atoms with Crippen molar-refractivity contribution in [1.82, 2.24) is 4.90 Å². The largest absolute Gasteiger partial charge is 0.489 e. The molecular weight excluding hydrogens is 280 g/mol. The van der Waals surface area contributed by atoms with E-state index in [-0.39, 0.29) is 24.1 Å². The lowest BCUT2D eigenvalue weighted by atomic mass is 10.1. The molecule has 2 unspecified atom stereocenters. The standard InChI is InChI=1S/C17H26N2O3/c1-11(2)21-17-6-5-14(7-15(17)18)16(20)10-19-8-12(3)22-13(4)9-19/h5-7,11-13H,8-10,18H2,1-4H3. The number of anilines is 1. The zero-order chi connectivity index (χ0) is 16.3. The van der Waals surface area contributed by atoms with Crippen molar-refractivity contribution in [2.24, 2.45) is 0 Å². The number of carbonyl (C=O) groups excluding carboxylic acids is 1. The maximum absolute atomic E-state index is 12.4. The van der Waals surface area contributed by atoms with Gasteiger partial charge in [0, 0.05) is 18.7 Å². The lowest BCUT2D eigenvalue weighted by Crippen LogP contribution is -2.47. The molecule has 0 aromatic heterocycles. The molecule has 1 aliphatic rings. The number of morpholine rings is 1. The molecule has 22 heavy (non-hydrogen) atoms. The molecule has 122 valence electrons. The van der Waals surface area contributed by atoms with E-state index in [1.54, 1.807) is 18.2 Å². The number of ether oxygens (including phenoxy) is 2. The molecule has 0 saturated carbocycles. The van der Waals surface area contributed by atoms with Gasteiger partial charge in [-0.2, -0.15) is 0 Å². The van der Waals surface area contributed by atoms with Crippen molar-refractivity contribution >= 4 is 11.5 Å². The van der Waals surface area contributed by atoms with Crippen LogP contribution in [0, 0.1) is 0 Å². The number of hydrogen-bond donors (Lipinski definition) is 1. The summed E-state index contributed by atoms with van der Waals surface area (Å²) >= 11 is 0. The van der Waals surface area contributed by atoms with Crippen LogP contribution < -0.4 is 10.5 Å². The average molecular weight is 306 g/mol. The van der Waals surface area contributed by atoms with Crippen molar-refractivity contribution in [3.8, 4) is 5.75 Å². The Morgan fingerprint density at radius 2 is 2.00 bits per heavy atom. The molecule has 0 aliphatic carbocycles. The summed E-state index contributed by atoms with van der Waals surface area (Å²) < 4.78 is 11.3. The van der Waals surface area contributed by atoms with E-state index in [1.165, 1.54) is 0 Å². The van der Waals surface area contributed by atoms with E-state index >= 15 is 0 Å². The number of nitrogens with zero attached hydrogens (tertiary/aromatic N) is 1. The molecule has 0 bridgehead atoms. The van der Waals surface area contributed by atoms with Crippen LogP contribution in [0.1, 0.15) is 38.1 Å². The summed E-state index contributed by atoms with van der Waals surface area (Å²) in [6, 6.07) is 5.25. The fourth-order valence-corrected chi connectivity index (χ4v) is 2.79. The zero-order valence-electron chi connectivity index (χ0n) is 13.8. The zero-order valence-corrected chi connectivity index (χ0v) is 13.8. The first-order valence-electron chi connectivity index (χ1n) is 7.82. The van der Waals surface area contributed by atoms with Gasteiger partial charge in [0.25, 0.3) is 0 Å². The summed E-state index contributed by atoms with van der Waals surface area (Å²) in [7, 11) is 0. The summed E-state index contributed by atoms with van der Waals surface area (Å²) in [5.41, 5.74) is 7.10. The Kier molecular flexibility index (Phi) is 5.42. The Hall–Kier alpha value is -1.59. The van der Waals surface area contributed by atoms with E-state index in [0.29, 0.717) is 23.5 Å². The van der Waals surface area contributed by atoms with Crippen molar-refractivity contribution in [1.29, 1.82) is 0 Å². The van der Waals surface area contributed by atoms with Gasteiger partial charge in [0.05, 0.1) is 30.5 Å². The van der Waals surface area contributed by atoms with E-state index in [4.69, 9.17) is 15.2 Å². The van der Waals surface area contributed by atoms with Gasteiger partial charge in [0.2, 0.25) is 0 Å². The molecule has 1 saturated heterocycles. The van der Waals surface area contributed by atoms with Crippen molar-refractivity contribution in [2.75, 3.05) is 25.4 Å². The van der Waals surface area contributed by atoms with Crippen LogP contribution >= 0.6 is 0 Å². The number of carbonyl (C=O) groups is 1. The van der Waals surface area contributed by atoms with Crippen molar-refractivity contribution in [3.63, 3.8) is 0 Å². The van der Waals surface area contributed by atoms with Gasteiger partial charge in [-0.3, -0.25) is 9.69 Å². The van der Waals surface area contributed by atoms with Crippen LogP contribution in [0.5, 0.6) is 5.75 Å². The third-order valence-corrected chi connectivity index (χ3v) is 3.56. The molecule has 2 rings (SSSR count). The van der Waals surface area contributed by atoms with E-state index in [9.17, 15) is 4.79 Å². The highest BCUT2D eigenvalue weighted by Crippen LogP contribution is 2.24. The minimum atomic E-state index is 0.0557. The molecule has 2 N–H and O–H groups in total. The van der Waals surface area contributed by atoms with Gasteiger partial charge in [-0.1, -0.05) is 0 Å². The lowest BCUT2D eigenvalue weighted by Gasteiger charge is -2.34. The number of benzene rings is 1. The van der Waals surface area contributed by atoms with Gasteiger partial charge in [0.15, 0.2) is 5.78 Å². The number of nitrogens with two attached hydrogens (primary N) is 1. The van der Waals surface area contributed by atoms with Crippen LogP contribution in [-0.4, -0.2) is 48.6 Å². The monoisotopic (exact) mass is 306 g/mol. The van der Waals surface area contributed by atoms with E-state index in [0.717, 1.165) is 13.1 Å². The summed E-state index contributed by atoms with van der Waals surface area (Å²) in [5, 5.41) is 0. The highest BCUT2D eigenvalue weighted by Gasteiger charge is 2.24. The van der Waals surface area contributed by atoms with E-state index < -0.39 is 0 Å². The third-order valence-electron chi connectivity index (χ3n) is 3.56. The van der Waals surface area contributed by atoms with Gasteiger partial charge in [0.1, 0.15) is 5.75 Å². The van der Waals surface area contributed by atoms with Gasteiger partial charge >= 0.3 is 0 Å². The van der Waals surface area contributed by atoms with Gasteiger partial charge in [-0.25, -0.2) is 0 Å². The molecule has 5 heteroatoms. The minimum absolute atomic E-state index is 0.0557. The molecule has 1 aromatic rings. The van der Waals surface area contributed by atoms with Crippen LogP contribution in [-0.2, 0) is 4.74 Å². The second-order valence-corrected chi connectivity index (χ2v) is 6.29. The van der Waals surface area contributed by atoms with Crippen LogP contribution in [0.25, 0.3) is 0 Å². The Bertz CT molecular complexity index is 521. The first-order chi connectivity index (χ1) is 10.3. The van der Waals surface area contributed by atoms with Crippen molar-refractivity contribution < 1.29 is 14.3 Å². The smallest absolute Gasteiger partial charge is 0.176 e. The van der Waals surface area contributed by atoms with Crippen LogP contribution in [0.4, 0.5) is 5.69 Å². The molecule has 1 fully saturated rings. The fourth-order valence-electron chi connectivity index (χ4n) is 2.79. The summed E-state index contributed by atoms with van der Waals surface area (Å²) in [6.45, 7) is 9.90. The lowest BCUT2D eigenvalue weighted by molar-refractivity contribution is -0.0652. The number of Topliss-reactive ketones (excluding diaryl/α,β-unsaturated/α-hetero) is 1. The predicted octanol–water partition coefficient (Wildman–Crippen LogP) is 2.35. The number of nitrogen functional groups attached to an aromatic ring is 1. The normalized spacial score (nSPS) is 22.8. The topological polar surface area (TPSA) is 64.8 Å². The number of ketones is 1. The van der Waals surface area contributed by atoms with Gasteiger partial charge in [-0.15, -0.1) is 0 Å². The molecule has 5 nitrogen and oxygen atoms in total. The fraction of sp³-hybridized carbons (Fsp3) is 0.588. The minimum Gasteiger partial charge on any atom is -0.489 e. The maximum atomic E-state index is 12.4. The maximum Gasteiger partial charge on any atom is 0.176 e. The van der Waals surface area contributed by atoms with E-state index in [2.05, 4.69) is 4.90 Å². The number of rotatable bonds is 5. The van der Waals surface area contributed by atoms with Crippen LogP contribution in [0.2, 0.25) is 0 Å². The predicted molar refractivity (Wildman–Crippen MR) is 87.4 cm³/mol. The van der Waals surface area contributed by atoms with Crippen LogP contribution in [0.15, 0.2) is 18.2 Å². The van der Waals surface area contributed by atoms with Crippen molar-refractivity contribution in [2.45, 2.75) is 46.0 Å². The first kappa shape index (κ1) is 16.8. The molecule has 0 amide bonds. The second kappa shape index (κ2) is 7.11. The summed E-state index contributed by atoms with van der Waals surface area (Å²) in [4.78, 5) is 14.6. The highest BCUT2D eigenvalue weighted by molar-refractivity contribution is 5.98. The molecule has 0 radical (unpaired) electrons. The quantitative estimate of drug-likeness (QED) is 0.668. The number of hydrogen-bond acceptors (Lipinski definition) is 5. The Labute approximate surface area is 132 Å². The molecule has 2 atom stereocenters. The Morgan fingerprint density at radius 3 is 2.55 bits per heavy atom. The van der Waals surface area contributed by atoms with Crippen LogP contribution in [0.3, 0.4) is 0 Å². The molecule has 1 aliphatic heterocycles. The third kappa shape index (κ3) is 4.45. The molecule has 1 heterocycles. The molecule has 0 spiro atoms. The van der Waals surface area contributed by atoms with Gasteiger partial charge < -0.3 is 15.2 Å². The Morgan fingerprint density at radius 1 is 1.36 bits per heavy atom. The highest BCUT2D eigenvalue weighted by atomic mass is 16.5. The SMILES string of the molecule is CC(C)Oc1ccc(C(=O)CN2CC(C)OC(C)C2)cc1N. The average Bonchev–Trinajstić information content (AvgIpc) is 2.39. The van der Waals surface area contributed by atoms with E-state index in [1.807, 2.05) is 27.7 Å². The first-order valence-corrected chi connectivity index (χ1v) is 7.82. The van der Waals surface area contributed by atoms with Crippen molar-refractivity contribution in [3.05, 3.63) is 23.8 Å². The summed E-state index contributed by atoms with van der Waals surface area (Å²) in [6.07, 6.45) is 0.368. The second-order valence-electron chi connectivity index (χ2n) is 6.29. The molecular formula is C17H26N2O3. The van der Waals surface area contributed by atoms with Gasteiger partial charge in [-0.05, 0) is 45.9 Å². The Balaban J connectivity index is 2.02. The molecule has 1 aromatic carbocycles. The summed E-state index contributed by atoms with van der Waals surface area (Å²) in [5.74, 6) is 0.698.